The summed E-state index contributed by atoms with van der Waals surface area (Å²) in [7, 11) is 0. The first kappa shape index (κ1) is 10.9. The lowest BCUT2D eigenvalue weighted by atomic mass is 10.0. The fourth-order valence-corrected chi connectivity index (χ4v) is 1.82. The molecule has 0 radical (unpaired) electrons. The number of rotatable bonds is 3. The molecule has 1 heterocycles. The number of carbonyl (C=O) groups is 1. The minimum atomic E-state index is -0.606. The monoisotopic (exact) mass is 221 g/mol. The van der Waals surface area contributed by atoms with Crippen LogP contribution in [0.5, 0.6) is 5.75 Å². The van der Waals surface area contributed by atoms with Crippen LogP contribution in [0.4, 0.5) is 0 Å². The van der Waals surface area contributed by atoms with Crippen LogP contribution in [-0.2, 0) is 17.6 Å². The van der Waals surface area contributed by atoms with Crippen molar-refractivity contribution in [1.29, 1.82) is 0 Å². The smallest absolute Gasteiger partial charge is 0.251 e. The van der Waals surface area contributed by atoms with E-state index >= 15 is 0 Å². The summed E-state index contributed by atoms with van der Waals surface area (Å²) in [6, 6.07) is 5.27. The predicted molar refractivity (Wildman–Crippen MR) is 59.7 cm³/mol. The van der Waals surface area contributed by atoms with E-state index in [0.717, 1.165) is 24.3 Å². The Kier molecular flexibility index (Phi) is 3.07. The Morgan fingerprint density at radius 3 is 3.12 bits per heavy atom. The molecule has 0 aliphatic carbocycles. The zero-order valence-electron chi connectivity index (χ0n) is 8.90. The number of nitrogens with two attached hydrogens (primary N) is 2. The van der Waals surface area contributed by atoms with Crippen molar-refractivity contribution < 1.29 is 9.53 Å². The molecule has 5 nitrogen and oxygen atoms in total. The molecule has 1 aliphatic heterocycles. The lowest BCUT2D eigenvalue weighted by Crippen LogP contribution is -2.45. The van der Waals surface area contributed by atoms with Gasteiger partial charge in [0.05, 0.1) is 12.6 Å². The average Bonchev–Trinajstić information content (AvgIpc) is 2.75. The molecule has 0 saturated carbocycles. The van der Waals surface area contributed by atoms with Gasteiger partial charge >= 0.3 is 0 Å². The van der Waals surface area contributed by atoms with Gasteiger partial charge in [0, 0.05) is 6.42 Å². The van der Waals surface area contributed by atoms with Gasteiger partial charge in [0.25, 0.3) is 5.91 Å². The lowest BCUT2D eigenvalue weighted by Gasteiger charge is -2.10. The molecular formula is C11H15N3O2. The van der Waals surface area contributed by atoms with Gasteiger partial charge in [-0.3, -0.25) is 10.2 Å². The van der Waals surface area contributed by atoms with Gasteiger partial charge in [0.15, 0.2) is 0 Å². The molecule has 2 rings (SSSR count). The van der Waals surface area contributed by atoms with E-state index in [1.807, 2.05) is 23.6 Å². The molecule has 0 bridgehead atoms. The number of hydrogen-bond donors (Lipinski definition) is 3. The number of hydrazine groups is 1. The van der Waals surface area contributed by atoms with Crippen molar-refractivity contribution in [3.63, 3.8) is 0 Å². The number of amides is 1. The first-order chi connectivity index (χ1) is 7.70. The summed E-state index contributed by atoms with van der Waals surface area (Å²) in [5.41, 5.74) is 9.94. The van der Waals surface area contributed by atoms with Crippen LogP contribution in [-0.4, -0.2) is 18.6 Å². The van der Waals surface area contributed by atoms with Crippen molar-refractivity contribution in [2.45, 2.75) is 18.9 Å². The van der Waals surface area contributed by atoms with Gasteiger partial charge in [0.2, 0.25) is 0 Å². The molecule has 1 atom stereocenters. The topological polar surface area (TPSA) is 90.4 Å². The second kappa shape index (κ2) is 4.51. The maximum absolute atomic E-state index is 11.2. The number of hydrogen-bond acceptors (Lipinski definition) is 4. The van der Waals surface area contributed by atoms with Crippen LogP contribution in [0, 0.1) is 0 Å². The van der Waals surface area contributed by atoms with E-state index in [0.29, 0.717) is 6.42 Å². The van der Waals surface area contributed by atoms with Gasteiger partial charge in [-0.25, -0.2) is 5.84 Å². The van der Waals surface area contributed by atoms with Crippen molar-refractivity contribution in [3.8, 4) is 5.75 Å². The summed E-state index contributed by atoms with van der Waals surface area (Å²) in [6.07, 6.45) is 1.40. The zero-order chi connectivity index (χ0) is 11.5. The highest BCUT2D eigenvalue weighted by atomic mass is 16.5. The quantitative estimate of drug-likeness (QED) is 0.364. The van der Waals surface area contributed by atoms with Crippen molar-refractivity contribution in [1.82, 2.24) is 5.43 Å². The summed E-state index contributed by atoms with van der Waals surface area (Å²) in [6.45, 7) is 0.730. The van der Waals surface area contributed by atoms with Gasteiger partial charge in [0.1, 0.15) is 5.75 Å². The third-order valence-electron chi connectivity index (χ3n) is 2.69. The highest BCUT2D eigenvalue weighted by Crippen LogP contribution is 2.26. The molecule has 0 spiro atoms. The van der Waals surface area contributed by atoms with Crippen molar-refractivity contribution in [2.24, 2.45) is 11.6 Å². The van der Waals surface area contributed by atoms with E-state index < -0.39 is 6.04 Å². The van der Waals surface area contributed by atoms with E-state index in [9.17, 15) is 4.79 Å². The molecule has 0 fully saturated rings. The van der Waals surface area contributed by atoms with Gasteiger partial charge in [-0.2, -0.15) is 0 Å². The third-order valence-corrected chi connectivity index (χ3v) is 2.69. The SMILES string of the molecule is NNC(=O)C(N)Cc1ccc2c(c1)CCO2. The first-order valence-electron chi connectivity index (χ1n) is 5.21. The van der Waals surface area contributed by atoms with Crippen molar-refractivity contribution in [3.05, 3.63) is 29.3 Å². The third kappa shape index (κ3) is 2.15. The Morgan fingerprint density at radius 2 is 2.38 bits per heavy atom. The Bertz CT molecular complexity index is 406. The van der Waals surface area contributed by atoms with E-state index in [4.69, 9.17) is 16.3 Å². The Balaban J connectivity index is 2.08. The van der Waals surface area contributed by atoms with Crippen LogP contribution < -0.4 is 21.7 Å². The van der Waals surface area contributed by atoms with Crippen LogP contribution in [0.15, 0.2) is 18.2 Å². The minimum absolute atomic E-state index is 0.350. The molecule has 1 aromatic carbocycles. The molecule has 1 unspecified atom stereocenters. The van der Waals surface area contributed by atoms with Crippen LogP contribution in [0.3, 0.4) is 0 Å². The Labute approximate surface area is 93.7 Å². The summed E-state index contributed by atoms with van der Waals surface area (Å²) in [5.74, 6) is 5.60. The molecular weight excluding hydrogens is 206 g/mol. The second-order valence-electron chi connectivity index (χ2n) is 3.86. The fraction of sp³-hybridized carbons (Fsp3) is 0.364. The van der Waals surface area contributed by atoms with Crippen molar-refractivity contribution in [2.75, 3.05) is 6.61 Å². The van der Waals surface area contributed by atoms with Crippen LogP contribution in [0.2, 0.25) is 0 Å². The molecule has 1 aliphatic rings. The van der Waals surface area contributed by atoms with Gasteiger partial charge in [-0.05, 0) is 23.6 Å². The molecule has 1 amide bonds. The fourth-order valence-electron chi connectivity index (χ4n) is 1.82. The van der Waals surface area contributed by atoms with E-state index in [1.54, 1.807) is 0 Å². The highest BCUT2D eigenvalue weighted by Gasteiger charge is 2.16. The second-order valence-corrected chi connectivity index (χ2v) is 3.86. The molecule has 5 heteroatoms. The Morgan fingerprint density at radius 1 is 1.56 bits per heavy atom. The molecule has 5 N–H and O–H groups in total. The molecule has 86 valence electrons. The predicted octanol–water partition coefficient (Wildman–Crippen LogP) is -0.519. The largest absolute Gasteiger partial charge is 0.493 e. The summed E-state index contributed by atoms with van der Waals surface area (Å²) >= 11 is 0. The van der Waals surface area contributed by atoms with Crippen LogP contribution in [0.25, 0.3) is 0 Å². The molecule has 1 aromatic rings. The van der Waals surface area contributed by atoms with E-state index in [1.165, 1.54) is 5.56 Å². The minimum Gasteiger partial charge on any atom is -0.493 e. The highest BCUT2D eigenvalue weighted by molar-refractivity contribution is 5.81. The van der Waals surface area contributed by atoms with E-state index in [-0.39, 0.29) is 5.91 Å². The number of carbonyl (C=O) groups excluding carboxylic acids is 1. The number of nitrogens with one attached hydrogen (secondary N) is 1. The number of ether oxygens (including phenoxy) is 1. The summed E-state index contributed by atoms with van der Waals surface area (Å²) in [5, 5.41) is 0. The van der Waals surface area contributed by atoms with Gasteiger partial charge in [-0.1, -0.05) is 12.1 Å². The first-order valence-corrected chi connectivity index (χ1v) is 5.21. The normalized spacial score (nSPS) is 15.1. The lowest BCUT2D eigenvalue weighted by molar-refractivity contribution is -0.122. The number of fused-ring (bicyclic) bond motifs is 1. The van der Waals surface area contributed by atoms with Gasteiger partial charge in [-0.15, -0.1) is 0 Å². The zero-order valence-corrected chi connectivity index (χ0v) is 8.90. The van der Waals surface area contributed by atoms with Crippen molar-refractivity contribution >= 4 is 5.91 Å². The molecule has 0 aromatic heterocycles. The Hall–Kier alpha value is -1.59. The van der Waals surface area contributed by atoms with Gasteiger partial charge < -0.3 is 10.5 Å². The maximum Gasteiger partial charge on any atom is 0.251 e. The van der Waals surface area contributed by atoms with E-state index in [2.05, 4.69) is 0 Å². The molecule has 0 saturated heterocycles. The molecule has 16 heavy (non-hydrogen) atoms. The average molecular weight is 221 g/mol. The summed E-state index contributed by atoms with van der Waals surface area (Å²) in [4.78, 5) is 11.2. The standard InChI is InChI=1S/C11H15N3O2/c12-9(11(15)14-13)6-7-1-2-10-8(5-7)3-4-16-10/h1-2,5,9H,3-4,6,12-13H2,(H,14,15). The van der Waals surface area contributed by atoms with Crippen LogP contribution >= 0.6 is 0 Å². The summed E-state index contributed by atoms with van der Waals surface area (Å²) < 4.78 is 5.40. The maximum atomic E-state index is 11.2. The van der Waals surface area contributed by atoms with Crippen LogP contribution in [0.1, 0.15) is 11.1 Å². The number of benzene rings is 1.